The van der Waals surface area contributed by atoms with Gasteiger partial charge in [-0.15, -0.1) is 0 Å². The van der Waals surface area contributed by atoms with Crippen molar-refractivity contribution < 1.29 is 0 Å². The minimum absolute atomic E-state index is 0.252. The Kier molecular flexibility index (Phi) is 2.49. The topological polar surface area (TPSA) is 70.5 Å². The Labute approximate surface area is 106 Å². The molecule has 17 heavy (non-hydrogen) atoms. The van der Waals surface area contributed by atoms with Crippen LogP contribution in [0.5, 0.6) is 0 Å². The monoisotopic (exact) mass is 290 g/mol. The third-order valence-electron chi connectivity index (χ3n) is 2.82. The van der Waals surface area contributed by atoms with Crippen LogP contribution >= 0.6 is 15.9 Å². The molecule has 0 bridgehead atoms. The van der Waals surface area contributed by atoms with Gasteiger partial charge in [-0.25, -0.2) is 4.98 Å². The molecule has 0 saturated heterocycles. The first kappa shape index (κ1) is 10.6. The maximum absolute atomic E-state index is 6.21. The van der Waals surface area contributed by atoms with Gasteiger partial charge in [0.05, 0.1) is 12.2 Å². The second-order valence-corrected chi connectivity index (χ2v) is 4.74. The van der Waals surface area contributed by atoms with E-state index in [0.717, 1.165) is 26.9 Å². The summed E-state index contributed by atoms with van der Waals surface area (Å²) in [5.74, 6) is 0.752. The number of nitrogens with two attached hydrogens (primary N) is 1. The van der Waals surface area contributed by atoms with Gasteiger partial charge < -0.3 is 15.7 Å². The fraction of sp³-hybridized carbons (Fsp3) is 0.0833. The Bertz CT molecular complexity index is 655. The lowest BCUT2D eigenvalue weighted by Crippen LogP contribution is -2.13. The van der Waals surface area contributed by atoms with Crippen molar-refractivity contribution in [2.75, 3.05) is 0 Å². The molecular weight excluding hydrogens is 280 g/mol. The van der Waals surface area contributed by atoms with Crippen LogP contribution in [0.3, 0.4) is 0 Å². The summed E-state index contributed by atoms with van der Waals surface area (Å²) >= 11 is 3.33. The molecule has 0 saturated carbocycles. The summed E-state index contributed by atoms with van der Waals surface area (Å²) in [6.45, 7) is 0. The average Bonchev–Trinajstić information content (AvgIpc) is 2.94. The average molecular weight is 291 g/mol. The van der Waals surface area contributed by atoms with Crippen LogP contribution in [0.15, 0.2) is 41.3 Å². The van der Waals surface area contributed by atoms with E-state index in [9.17, 15) is 0 Å². The van der Waals surface area contributed by atoms with Crippen LogP contribution in [0.4, 0.5) is 0 Å². The molecule has 0 aliphatic heterocycles. The maximum Gasteiger partial charge on any atom is 0.128 e. The van der Waals surface area contributed by atoms with Gasteiger partial charge in [-0.3, -0.25) is 0 Å². The lowest BCUT2D eigenvalue weighted by Gasteiger charge is -2.07. The zero-order valence-electron chi connectivity index (χ0n) is 8.94. The molecule has 4 N–H and O–H groups in total. The van der Waals surface area contributed by atoms with E-state index in [-0.39, 0.29) is 6.04 Å². The SMILES string of the molecule is NC(c1ncc(Br)[nH]1)c1c[nH]c2ccccc12. The van der Waals surface area contributed by atoms with Gasteiger partial charge in [-0.05, 0) is 22.0 Å². The van der Waals surface area contributed by atoms with E-state index in [0.29, 0.717) is 0 Å². The van der Waals surface area contributed by atoms with E-state index in [2.05, 4.69) is 36.9 Å². The van der Waals surface area contributed by atoms with Gasteiger partial charge >= 0.3 is 0 Å². The van der Waals surface area contributed by atoms with Crippen molar-refractivity contribution in [2.24, 2.45) is 5.73 Å². The smallest absolute Gasteiger partial charge is 0.128 e. The summed E-state index contributed by atoms with van der Waals surface area (Å²) in [5, 5.41) is 1.13. The molecule has 0 aliphatic carbocycles. The molecule has 0 radical (unpaired) electrons. The van der Waals surface area contributed by atoms with Gasteiger partial charge in [0.15, 0.2) is 0 Å². The van der Waals surface area contributed by atoms with E-state index in [1.54, 1.807) is 6.20 Å². The van der Waals surface area contributed by atoms with Crippen LogP contribution < -0.4 is 5.73 Å². The van der Waals surface area contributed by atoms with Crippen molar-refractivity contribution in [3.8, 4) is 0 Å². The number of nitrogens with one attached hydrogen (secondary N) is 2. The fourth-order valence-corrected chi connectivity index (χ4v) is 2.28. The van der Waals surface area contributed by atoms with Crippen LogP contribution in [-0.4, -0.2) is 15.0 Å². The van der Waals surface area contributed by atoms with Crippen LogP contribution in [0, 0.1) is 0 Å². The van der Waals surface area contributed by atoms with E-state index < -0.39 is 0 Å². The minimum Gasteiger partial charge on any atom is -0.361 e. The number of halogens is 1. The quantitative estimate of drug-likeness (QED) is 0.679. The number of hydrogen-bond donors (Lipinski definition) is 3. The van der Waals surface area contributed by atoms with Crippen molar-refractivity contribution in [1.29, 1.82) is 0 Å². The highest BCUT2D eigenvalue weighted by molar-refractivity contribution is 9.10. The van der Waals surface area contributed by atoms with Crippen molar-refractivity contribution in [2.45, 2.75) is 6.04 Å². The minimum atomic E-state index is -0.252. The second kappa shape index (κ2) is 4.01. The number of aromatic nitrogens is 3. The third-order valence-corrected chi connectivity index (χ3v) is 3.22. The number of hydrogen-bond acceptors (Lipinski definition) is 2. The summed E-state index contributed by atoms with van der Waals surface area (Å²) in [6.07, 6.45) is 3.65. The Morgan fingerprint density at radius 2 is 2.12 bits per heavy atom. The zero-order chi connectivity index (χ0) is 11.8. The number of H-pyrrole nitrogens is 2. The molecule has 0 spiro atoms. The lowest BCUT2D eigenvalue weighted by atomic mass is 10.1. The van der Waals surface area contributed by atoms with Crippen LogP contribution in [0.2, 0.25) is 0 Å². The summed E-state index contributed by atoms with van der Waals surface area (Å²) in [6, 6.07) is 7.84. The molecule has 5 heteroatoms. The van der Waals surface area contributed by atoms with E-state index in [1.165, 1.54) is 0 Å². The largest absolute Gasteiger partial charge is 0.361 e. The molecular formula is C12H11BrN4. The first-order chi connectivity index (χ1) is 8.25. The van der Waals surface area contributed by atoms with Gasteiger partial charge in [-0.2, -0.15) is 0 Å². The predicted octanol–water partition coefficient (Wildman–Crippen LogP) is 2.70. The normalized spacial score (nSPS) is 13.1. The van der Waals surface area contributed by atoms with E-state index >= 15 is 0 Å². The Morgan fingerprint density at radius 1 is 1.29 bits per heavy atom. The standard InChI is InChI=1S/C12H11BrN4/c13-10-6-16-12(17-10)11(14)8-5-15-9-4-2-1-3-7(8)9/h1-6,11,15H,14H2,(H,16,17). The number of para-hydroxylation sites is 1. The van der Waals surface area contributed by atoms with Gasteiger partial charge in [0.1, 0.15) is 10.4 Å². The summed E-state index contributed by atoms with van der Waals surface area (Å²) in [7, 11) is 0. The highest BCUT2D eigenvalue weighted by atomic mass is 79.9. The van der Waals surface area contributed by atoms with Gasteiger partial charge in [0.25, 0.3) is 0 Å². The lowest BCUT2D eigenvalue weighted by molar-refractivity contribution is 0.806. The highest BCUT2D eigenvalue weighted by Gasteiger charge is 2.15. The molecule has 1 aromatic carbocycles. The Hall–Kier alpha value is -1.59. The van der Waals surface area contributed by atoms with Crippen molar-refractivity contribution in [3.63, 3.8) is 0 Å². The molecule has 3 aromatic rings. The molecule has 0 amide bonds. The summed E-state index contributed by atoms with van der Waals surface area (Å²) < 4.78 is 0.836. The van der Waals surface area contributed by atoms with Gasteiger partial charge in [0, 0.05) is 22.7 Å². The van der Waals surface area contributed by atoms with E-state index in [4.69, 9.17) is 5.73 Å². The van der Waals surface area contributed by atoms with E-state index in [1.807, 2.05) is 24.4 Å². The zero-order valence-corrected chi connectivity index (χ0v) is 10.5. The first-order valence-corrected chi connectivity index (χ1v) is 6.07. The molecule has 1 atom stereocenters. The van der Waals surface area contributed by atoms with Crippen molar-refractivity contribution >= 4 is 26.8 Å². The molecule has 3 rings (SSSR count). The second-order valence-electron chi connectivity index (χ2n) is 3.88. The van der Waals surface area contributed by atoms with Crippen molar-refractivity contribution in [3.05, 3.63) is 52.7 Å². The fourth-order valence-electron chi connectivity index (χ4n) is 1.97. The predicted molar refractivity (Wildman–Crippen MR) is 70.6 cm³/mol. The molecule has 2 aromatic heterocycles. The maximum atomic E-state index is 6.21. The van der Waals surface area contributed by atoms with Gasteiger partial charge in [-0.1, -0.05) is 18.2 Å². The summed E-state index contributed by atoms with van der Waals surface area (Å²) in [4.78, 5) is 10.5. The number of aromatic amines is 2. The van der Waals surface area contributed by atoms with Gasteiger partial charge in [0.2, 0.25) is 0 Å². The van der Waals surface area contributed by atoms with Crippen LogP contribution in [0.25, 0.3) is 10.9 Å². The third kappa shape index (κ3) is 1.77. The van der Waals surface area contributed by atoms with Crippen LogP contribution in [-0.2, 0) is 0 Å². The number of imidazole rings is 1. The van der Waals surface area contributed by atoms with Crippen molar-refractivity contribution in [1.82, 2.24) is 15.0 Å². The molecule has 4 nitrogen and oxygen atoms in total. The first-order valence-electron chi connectivity index (χ1n) is 5.27. The molecule has 86 valence electrons. The molecule has 1 unspecified atom stereocenters. The number of nitrogens with zero attached hydrogens (tertiary/aromatic N) is 1. The number of benzene rings is 1. The Balaban J connectivity index is 2.09. The molecule has 0 aliphatic rings. The molecule has 0 fully saturated rings. The highest BCUT2D eigenvalue weighted by Crippen LogP contribution is 2.26. The molecule has 2 heterocycles. The van der Waals surface area contributed by atoms with Crippen LogP contribution in [0.1, 0.15) is 17.4 Å². The Morgan fingerprint density at radius 3 is 2.88 bits per heavy atom. The number of fused-ring (bicyclic) bond motifs is 1. The summed E-state index contributed by atoms with van der Waals surface area (Å²) in [5.41, 5.74) is 8.34. The number of rotatable bonds is 2.